The average molecular weight is 331 g/mol. The number of hydrogen-bond donors (Lipinski definition) is 2. The topological polar surface area (TPSA) is 74.2 Å². The lowest BCUT2D eigenvalue weighted by Gasteiger charge is -2.27. The van der Waals surface area contributed by atoms with Crippen LogP contribution in [-0.4, -0.2) is 43.5 Å². The number of nitrogens with one attached hydrogen (secondary N) is 1. The summed E-state index contributed by atoms with van der Waals surface area (Å²) < 4.78 is 5.34. The van der Waals surface area contributed by atoms with E-state index < -0.39 is 0 Å². The maximum absolute atomic E-state index is 11.9. The van der Waals surface area contributed by atoms with E-state index in [1.165, 1.54) is 17.1 Å². The lowest BCUT2D eigenvalue weighted by atomic mass is 10.2. The molecule has 23 heavy (non-hydrogen) atoms. The molecule has 1 fully saturated rings. The maximum atomic E-state index is 11.9. The third-order valence-corrected chi connectivity index (χ3v) is 4.50. The van der Waals surface area contributed by atoms with Crippen LogP contribution in [0.25, 0.3) is 0 Å². The van der Waals surface area contributed by atoms with Crippen LogP contribution >= 0.6 is 11.3 Å². The van der Waals surface area contributed by atoms with Gasteiger partial charge in [-0.25, -0.2) is 5.43 Å². The second-order valence-electron chi connectivity index (χ2n) is 5.02. The van der Waals surface area contributed by atoms with E-state index in [1.54, 1.807) is 29.7 Å². The highest BCUT2D eigenvalue weighted by molar-refractivity contribution is 7.17. The number of carbonyl (C=O) groups excluding carboxylic acids is 1. The molecule has 0 bridgehead atoms. The van der Waals surface area contributed by atoms with Gasteiger partial charge in [0.25, 0.3) is 5.91 Å². The number of thiophene rings is 1. The Balaban J connectivity index is 1.56. The van der Waals surface area contributed by atoms with Gasteiger partial charge in [0.2, 0.25) is 0 Å². The fraction of sp³-hybridized carbons (Fsp3) is 0.250. The van der Waals surface area contributed by atoms with Crippen LogP contribution in [0, 0.1) is 0 Å². The van der Waals surface area contributed by atoms with Crippen LogP contribution in [0.4, 0.5) is 5.00 Å². The lowest BCUT2D eigenvalue weighted by molar-refractivity contribution is 0.0955. The summed E-state index contributed by atoms with van der Waals surface area (Å²) in [5.74, 6) is -0.189. The number of anilines is 1. The molecule has 6 nitrogen and oxygen atoms in total. The average Bonchev–Trinajstić information content (AvgIpc) is 3.05. The number of rotatable bonds is 4. The first-order valence-electron chi connectivity index (χ1n) is 7.27. The molecular weight excluding hydrogens is 314 g/mol. The number of ether oxygens (including phenoxy) is 1. The van der Waals surface area contributed by atoms with Crippen molar-refractivity contribution in [2.24, 2.45) is 5.10 Å². The number of morpholine rings is 1. The fourth-order valence-corrected chi connectivity index (χ4v) is 3.13. The number of carbonyl (C=O) groups is 1. The molecule has 0 saturated carbocycles. The summed E-state index contributed by atoms with van der Waals surface area (Å²) >= 11 is 1.63. The minimum absolute atomic E-state index is 0.124. The van der Waals surface area contributed by atoms with Crippen LogP contribution in [0.1, 0.15) is 15.2 Å². The van der Waals surface area contributed by atoms with Gasteiger partial charge in [-0.2, -0.15) is 5.10 Å². The number of benzene rings is 1. The highest BCUT2D eigenvalue weighted by atomic mass is 32.1. The van der Waals surface area contributed by atoms with Crippen molar-refractivity contribution in [1.29, 1.82) is 0 Å². The Morgan fingerprint density at radius 3 is 2.70 bits per heavy atom. The number of hydrogen-bond acceptors (Lipinski definition) is 6. The Morgan fingerprint density at radius 2 is 1.96 bits per heavy atom. The number of amides is 1. The van der Waals surface area contributed by atoms with E-state index in [-0.39, 0.29) is 11.7 Å². The van der Waals surface area contributed by atoms with Crippen LogP contribution in [-0.2, 0) is 4.74 Å². The van der Waals surface area contributed by atoms with Crippen molar-refractivity contribution >= 4 is 28.5 Å². The summed E-state index contributed by atoms with van der Waals surface area (Å²) in [6, 6.07) is 10.0. The number of phenolic OH excluding ortho intramolecular Hbond substituents is 1. The van der Waals surface area contributed by atoms with Crippen molar-refractivity contribution in [1.82, 2.24) is 5.43 Å². The minimum Gasteiger partial charge on any atom is -0.508 e. The summed E-state index contributed by atoms with van der Waals surface area (Å²) in [4.78, 5) is 15.1. The standard InChI is InChI=1S/C16H17N3O3S/c20-13-3-1-12(2-4-13)16(21)18-17-11-14-5-6-15(23-14)19-7-9-22-10-8-19/h1-6,11,20H,7-10H2,(H,18,21)/b17-11+. The minimum atomic E-state index is -0.314. The molecule has 1 saturated heterocycles. The fourth-order valence-electron chi connectivity index (χ4n) is 2.20. The lowest BCUT2D eigenvalue weighted by Crippen LogP contribution is -2.35. The van der Waals surface area contributed by atoms with Crippen LogP contribution in [0.15, 0.2) is 41.5 Å². The third-order valence-electron chi connectivity index (χ3n) is 3.42. The van der Waals surface area contributed by atoms with E-state index >= 15 is 0 Å². The molecule has 2 heterocycles. The monoisotopic (exact) mass is 331 g/mol. The molecule has 7 heteroatoms. The normalized spacial score (nSPS) is 15.0. The van der Waals surface area contributed by atoms with Crippen LogP contribution in [0.2, 0.25) is 0 Å². The van der Waals surface area contributed by atoms with Crippen LogP contribution in [0.5, 0.6) is 5.75 Å². The zero-order valence-corrected chi connectivity index (χ0v) is 13.3. The quantitative estimate of drug-likeness (QED) is 0.664. The molecular formula is C16H17N3O3S. The summed E-state index contributed by atoms with van der Waals surface area (Å²) in [6.07, 6.45) is 1.63. The maximum Gasteiger partial charge on any atom is 0.271 e. The van der Waals surface area contributed by atoms with Gasteiger partial charge in [0.1, 0.15) is 5.75 Å². The van der Waals surface area contributed by atoms with E-state index in [4.69, 9.17) is 4.74 Å². The van der Waals surface area contributed by atoms with Gasteiger partial charge in [-0.3, -0.25) is 4.79 Å². The Hall–Kier alpha value is -2.38. The highest BCUT2D eigenvalue weighted by Crippen LogP contribution is 2.25. The van der Waals surface area contributed by atoms with Crippen molar-refractivity contribution in [3.63, 3.8) is 0 Å². The predicted molar refractivity (Wildman–Crippen MR) is 90.5 cm³/mol. The van der Waals surface area contributed by atoms with E-state index in [9.17, 15) is 9.90 Å². The van der Waals surface area contributed by atoms with Gasteiger partial charge in [0.15, 0.2) is 0 Å². The summed E-state index contributed by atoms with van der Waals surface area (Å²) in [6.45, 7) is 3.30. The van der Waals surface area contributed by atoms with Gasteiger partial charge in [-0.1, -0.05) is 0 Å². The number of nitrogens with zero attached hydrogens (tertiary/aromatic N) is 2. The molecule has 1 aromatic carbocycles. The van der Waals surface area contributed by atoms with Gasteiger partial charge >= 0.3 is 0 Å². The van der Waals surface area contributed by atoms with Crippen molar-refractivity contribution in [2.75, 3.05) is 31.2 Å². The summed E-state index contributed by atoms with van der Waals surface area (Å²) in [7, 11) is 0. The van der Waals surface area contributed by atoms with E-state index in [2.05, 4.69) is 21.5 Å². The van der Waals surface area contributed by atoms with Crippen molar-refractivity contribution in [2.45, 2.75) is 0 Å². The molecule has 1 aliphatic heterocycles. The van der Waals surface area contributed by atoms with Crippen molar-refractivity contribution in [3.8, 4) is 5.75 Å². The smallest absolute Gasteiger partial charge is 0.271 e. The Kier molecular flexibility index (Phi) is 4.89. The third kappa shape index (κ3) is 4.08. The molecule has 120 valence electrons. The van der Waals surface area contributed by atoms with Gasteiger partial charge in [0.05, 0.1) is 24.4 Å². The Morgan fingerprint density at radius 1 is 1.22 bits per heavy atom. The molecule has 1 amide bonds. The van der Waals surface area contributed by atoms with Gasteiger partial charge < -0.3 is 14.7 Å². The first-order chi connectivity index (χ1) is 11.2. The van der Waals surface area contributed by atoms with Crippen LogP contribution < -0.4 is 10.3 Å². The van der Waals surface area contributed by atoms with Gasteiger partial charge in [-0.15, -0.1) is 11.3 Å². The molecule has 2 N–H and O–H groups in total. The number of hydrazone groups is 1. The SMILES string of the molecule is O=C(N/N=C/c1ccc(N2CCOCC2)s1)c1ccc(O)cc1. The second-order valence-corrected chi connectivity index (χ2v) is 6.12. The molecule has 0 radical (unpaired) electrons. The first kappa shape index (κ1) is 15.5. The predicted octanol–water partition coefficient (Wildman–Crippen LogP) is 2.05. The first-order valence-corrected chi connectivity index (χ1v) is 8.09. The van der Waals surface area contributed by atoms with Gasteiger partial charge in [0, 0.05) is 23.5 Å². The zero-order chi connectivity index (χ0) is 16.1. The van der Waals surface area contributed by atoms with E-state index in [1.807, 2.05) is 6.07 Å². The molecule has 0 atom stereocenters. The molecule has 0 spiro atoms. The zero-order valence-electron chi connectivity index (χ0n) is 12.4. The second kappa shape index (κ2) is 7.26. The summed E-state index contributed by atoms with van der Waals surface area (Å²) in [5, 5.41) is 14.4. The molecule has 1 aromatic heterocycles. The van der Waals surface area contributed by atoms with Gasteiger partial charge in [-0.05, 0) is 36.4 Å². The van der Waals surface area contributed by atoms with E-state index in [0.29, 0.717) is 5.56 Å². The number of aromatic hydroxyl groups is 1. The number of phenols is 1. The summed E-state index contributed by atoms with van der Waals surface area (Å²) in [5.41, 5.74) is 2.92. The largest absolute Gasteiger partial charge is 0.508 e. The highest BCUT2D eigenvalue weighted by Gasteiger charge is 2.12. The molecule has 1 aliphatic rings. The molecule has 0 unspecified atom stereocenters. The van der Waals surface area contributed by atoms with Crippen LogP contribution in [0.3, 0.4) is 0 Å². The van der Waals surface area contributed by atoms with Crippen molar-refractivity contribution < 1.29 is 14.6 Å². The van der Waals surface area contributed by atoms with E-state index in [0.717, 1.165) is 31.2 Å². The molecule has 3 rings (SSSR count). The molecule has 0 aliphatic carbocycles. The van der Waals surface area contributed by atoms with Crippen molar-refractivity contribution in [3.05, 3.63) is 46.8 Å². The Bertz CT molecular complexity index is 691. The molecule has 2 aromatic rings. The Labute approximate surface area is 138 Å².